The van der Waals surface area contributed by atoms with Crippen LogP contribution in [0, 0.1) is 10.1 Å². The molecule has 0 saturated heterocycles. The smallest absolute Gasteiger partial charge is 0.270 e. The van der Waals surface area contributed by atoms with Crippen molar-refractivity contribution in [3.8, 4) is 11.5 Å². The zero-order valence-electron chi connectivity index (χ0n) is 15.2. The van der Waals surface area contributed by atoms with E-state index in [4.69, 9.17) is 9.57 Å². The van der Waals surface area contributed by atoms with E-state index in [2.05, 4.69) is 10.5 Å². The van der Waals surface area contributed by atoms with Crippen molar-refractivity contribution in [2.75, 3.05) is 11.9 Å². The number of rotatable bonds is 8. The number of benzene rings is 3. The summed E-state index contributed by atoms with van der Waals surface area (Å²) in [6, 6.07) is 22.1. The van der Waals surface area contributed by atoms with Crippen LogP contribution < -0.4 is 10.1 Å². The van der Waals surface area contributed by atoms with Crippen LogP contribution in [0.25, 0.3) is 0 Å². The molecule has 1 amide bonds. The maximum absolute atomic E-state index is 12.1. The van der Waals surface area contributed by atoms with E-state index in [1.165, 1.54) is 24.4 Å². The Kier molecular flexibility index (Phi) is 6.51. The van der Waals surface area contributed by atoms with Gasteiger partial charge in [-0.15, -0.1) is 0 Å². The first-order chi connectivity index (χ1) is 14.1. The third-order valence-electron chi connectivity index (χ3n) is 3.69. The molecule has 0 radical (unpaired) electrons. The number of anilines is 1. The molecular weight excluding hydrogens is 374 g/mol. The van der Waals surface area contributed by atoms with Crippen molar-refractivity contribution >= 4 is 23.5 Å². The average Bonchev–Trinajstić information content (AvgIpc) is 2.74. The highest BCUT2D eigenvalue weighted by Gasteiger charge is 2.09. The fraction of sp³-hybridized carbons (Fsp3) is 0.0476. The lowest BCUT2D eigenvalue weighted by Gasteiger charge is -2.11. The van der Waals surface area contributed by atoms with E-state index in [1.807, 2.05) is 30.3 Å². The highest BCUT2D eigenvalue weighted by atomic mass is 16.6. The Bertz CT molecular complexity index is 1020. The van der Waals surface area contributed by atoms with E-state index in [-0.39, 0.29) is 12.3 Å². The van der Waals surface area contributed by atoms with Crippen molar-refractivity contribution in [3.05, 3.63) is 94.5 Å². The number of ether oxygens (including phenoxy) is 1. The van der Waals surface area contributed by atoms with Crippen molar-refractivity contribution in [1.29, 1.82) is 0 Å². The maximum atomic E-state index is 12.1. The van der Waals surface area contributed by atoms with Gasteiger partial charge in [0.2, 0.25) is 0 Å². The zero-order chi connectivity index (χ0) is 20.5. The molecule has 0 heterocycles. The molecule has 146 valence electrons. The highest BCUT2D eigenvalue weighted by Crippen LogP contribution is 2.28. The van der Waals surface area contributed by atoms with E-state index in [0.717, 1.165) is 0 Å². The van der Waals surface area contributed by atoms with Crippen LogP contribution in [0.15, 0.2) is 84.0 Å². The molecule has 0 unspecified atom stereocenters. The number of nitrogens with zero attached hydrogens (tertiary/aromatic N) is 2. The van der Waals surface area contributed by atoms with Gasteiger partial charge in [0, 0.05) is 17.7 Å². The van der Waals surface area contributed by atoms with Crippen molar-refractivity contribution in [3.63, 3.8) is 0 Å². The van der Waals surface area contributed by atoms with E-state index in [0.29, 0.717) is 22.7 Å². The summed E-state index contributed by atoms with van der Waals surface area (Å²) in [5.41, 5.74) is 0.926. The molecular formula is C21H17N3O5. The van der Waals surface area contributed by atoms with E-state index in [1.54, 1.807) is 30.3 Å². The van der Waals surface area contributed by atoms with Gasteiger partial charge in [0.15, 0.2) is 12.4 Å². The molecule has 0 aliphatic carbocycles. The van der Waals surface area contributed by atoms with Gasteiger partial charge in [0.25, 0.3) is 11.6 Å². The van der Waals surface area contributed by atoms with Gasteiger partial charge >= 0.3 is 0 Å². The number of non-ortho nitro benzene ring substituents is 1. The molecule has 0 aromatic heterocycles. The Balaban J connectivity index is 1.55. The van der Waals surface area contributed by atoms with Crippen molar-refractivity contribution in [2.24, 2.45) is 5.16 Å². The van der Waals surface area contributed by atoms with E-state index in [9.17, 15) is 14.9 Å². The Morgan fingerprint density at radius 2 is 1.79 bits per heavy atom. The Hall–Kier alpha value is -4.20. The highest BCUT2D eigenvalue weighted by molar-refractivity contribution is 5.93. The molecule has 0 bridgehead atoms. The van der Waals surface area contributed by atoms with Crippen molar-refractivity contribution < 1.29 is 19.3 Å². The van der Waals surface area contributed by atoms with Crippen LogP contribution in [0.2, 0.25) is 0 Å². The molecule has 8 heteroatoms. The third kappa shape index (κ3) is 5.90. The van der Waals surface area contributed by atoms with Gasteiger partial charge < -0.3 is 14.9 Å². The number of amides is 1. The summed E-state index contributed by atoms with van der Waals surface area (Å²) < 4.78 is 5.78. The van der Waals surface area contributed by atoms with Gasteiger partial charge in [-0.2, -0.15) is 0 Å². The molecule has 3 aromatic carbocycles. The van der Waals surface area contributed by atoms with Crippen LogP contribution in [0.3, 0.4) is 0 Å². The summed E-state index contributed by atoms with van der Waals surface area (Å²) in [4.78, 5) is 27.3. The average molecular weight is 391 g/mol. The number of carbonyl (C=O) groups is 1. The molecule has 0 atom stereocenters. The number of nitro benzene ring substituents is 1. The standard InChI is InChI=1S/C21H17N3O5/c25-21(15-28-22-14-16-7-6-8-17(13-16)24(26)27)23-19-11-4-5-12-20(19)29-18-9-2-1-3-10-18/h1-14H,15H2,(H,23,25)/b22-14-. The summed E-state index contributed by atoms with van der Waals surface area (Å²) in [6.07, 6.45) is 1.30. The summed E-state index contributed by atoms with van der Waals surface area (Å²) in [7, 11) is 0. The van der Waals surface area contributed by atoms with Crippen LogP contribution >= 0.6 is 0 Å². The maximum Gasteiger partial charge on any atom is 0.270 e. The zero-order valence-corrected chi connectivity index (χ0v) is 15.2. The molecule has 3 aromatic rings. The minimum absolute atomic E-state index is 0.0540. The number of oxime groups is 1. The molecule has 0 fully saturated rings. The lowest BCUT2D eigenvalue weighted by atomic mass is 10.2. The van der Waals surface area contributed by atoms with Gasteiger partial charge in [0.05, 0.1) is 16.8 Å². The molecule has 1 N–H and O–H groups in total. The second-order valence-corrected chi connectivity index (χ2v) is 5.82. The summed E-state index contributed by atoms with van der Waals surface area (Å²) in [5, 5.41) is 17.1. The molecule has 0 saturated carbocycles. The first-order valence-electron chi connectivity index (χ1n) is 8.63. The molecule has 29 heavy (non-hydrogen) atoms. The topological polar surface area (TPSA) is 103 Å². The largest absolute Gasteiger partial charge is 0.455 e. The Labute approximate surface area is 166 Å². The second-order valence-electron chi connectivity index (χ2n) is 5.82. The number of hydrogen-bond acceptors (Lipinski definition) is 6. The summed E-state index contributed by atoms with van der Waals surface area (Å²) >= 11 is 0. The summed E-state index contributed by atoms with van der Waals surface area (Å²) in [5.74, 6) is 0.712. The molecule has 0 aliphatic rings. The van der Waals surface area contributed by atoms with E-state index < -0.39 is 10.8 Å². The number of hydrogen-bond donors (Lipinski definition) is 1. The number of carbonyl (C=O) groups excluding carboxylic acids is 1. The molecule has 3 rings (SSSR count). The number of nitro groups is 1. The molecule has 8 nitrogen and oxygen atoms in total. The van der Waals surface area contributed by atoms with Crippen molar-refractivity contribution in [2.45, 2.75) is 0 Å². The van der Waals surface area contributed by atoms with Crippen LogP contribution in [0.1, 0.15) is 5.56 Å². The van der Waals surface area contributed by atoms with Crippen LogP contribution in [-0.4, -0.2) is 23.7 Å². The third-order valence-corrected chi connectivity index (χ3v) is 3.69. The predicted molar refractivity (Wildman–Crippen MR) is 108 cm³/mol. The lowest BCUT2D eigenvalue weighted by molar-refractivity contribution is -0.384. The predicted octanol–water partition coefficient (Wildman–Crippen LogP) is 4.38. The number of nitrogens with one attached hydrogen (secondary N) is 1. The minimum atomic E-state index is -0.499. The van der Waals surface area contributed by atoms with Gasteiger partial charge in [-0.3, -0.25) is 14.9 Å². The second kappa shape index (κ2) is 9.65. The fourth-order valence-electron chi connectivity index (χ4n) is 2.37. The van der Waals surface area contributed by atoms with Gasteiger partial charge in [0.1, 0.15) is 5.75 Å². The van der Waals surface area contributed by atoms with Crippen LogP contribution in [-0.2, 0) is 9.63 Å². The first kappa shape index (κ1) is 19.6. The fourth-order valence-corrected chi connectivity index (χ4v) is 2.37. The summed E-state index contributed by atoms with van der Waals surface area (Å²) in [6.45, 7) is -0.328. The normalized spacial score (nSPS) is 10.5. The first-order valence-corrected chi connectivity index (χ1v) is 8.63. The van der Waals surface area contributed by atoms with Gasteiger partial charge in [-0.05, 0) is 24.3 Å². The number of para-hydroxylation sites is 3. The lowest BCUT2D eigenvalue weighted by Crippen LogP contribution is -2.17. The molecule has 0 aliphatic heterocycles. The van der Waals surface area contributed by atoms with Gasteiger partial charge in [-0.25, -0.2) is 0 Å². The molecule has 0 spiro atoms. The minimum Gasteiger partial charge on any atom is -0.455 e. The van der Waals surface area contributed by atoms with Crippen molar-refractivity contribution in [1.82, 2.24) is 0 Å². The Morgan fingerprint density at radius 1 is 1.03 bits per heavy atom. The monoisotopic (exact) mass is 391 g/mol. The quantitative estimate of drug-likeness (QED) is 0.349. The Morgan fingerprint density at radius 3 is 2.59 bits per heavy atom. The van der Waals surface area contributed by atoms with Crippen LogP contribution in [0.4, 0.5) is 11.4 Å². The van der Waals surface area contributed by atoms with E-state index >= 15 is 0 Å². The van der Waals surface area contributed by atoms with Crippen LogP contribution in [0.5, 0.6) is 11.5 Å². The SMILES string of the molecule is O=C(CO/N=C\c1cccc([N+](=O)[O-])c1)Nc1ccccc1Oc1ccccc1. The van der Waals surface area contributed by atoms with Gasteiger partial charge in [-0.1, -0.05) is 47.6 Å².